The first-order valence-electron chi connectivity index (χ1n) is 8.52. The maximum atomic E-state index is 13.1. The van der Waals surface area contributed by atoms with Gasteiger partial charge in [0.2, 0.25) is 15.9 Å². The molecule has 7 nitrogen and oxygen atoms in total. The molecule has 0 aromatic heterocycles. The van der Waals surface area contributed by atoms with E-state index in [1.807, 2.05) is 12.1 Å². The van der Waals surface area contributed by atoms with Gasteiger partial charge in [-0.1, -0.05) is 6.07 Å². The third kappa shape index (κ3) is 3.63. The molecule has 1 saturated heterocycles. The van der Waals surface area contributed by atoms with Crippen LogP contribution in [0, 0.1) is 0 Å². The average molecular weight is 390 g/mol. The monoisotopic (exact) mass is 390 g/mol. The van der Waals surface area contributed by atoms with Crippen molar-refractivity contribution in [3.05, 3.63) is 53.6 Å². The lowest BCUT2D eigenvalue weighted by molar-refractivity contribution is 0.1000. The van der Waals surface area contributed by atoms with Crippen LogP contribution in [0.4, 0.5) is 0 Å². The lowest BCUT2D eigenvalue weighted by Crippen LogP contribution is -2.30. The molecule has 1 fully saturated rings. The van der Waals surface area contributed by atoms with Crippen molar-refractivity contribution >= 4 is 15.9 Å². The highest BCUT2D eigenvalue weighted by Gasteiger charge is 2.36. The minimum Gasteiger partial charge on any atom is -0.493 e. The lowest BCUT2D eigenvalue weighted by Gasteiger charge is -2.25. The number of carbonyl (C=O) groups is 1. The van der Waals surface area contributed by atoms with Crippen LogP contribution in [-0.2, 0) is 10.0 Å². The number of hydrogen-bond acceptors (Lipinski definition) is 5. The van der Waals surface area contributed by atoms with Crippen molar-refractivity contribution in [2.75, 3.05) is 20.8 Å². The van der Waals surface area contributed by atoms with Crippen LogP contribution in [0.3, 0.4) is 0 Å². The van der Waals surface area contributed by atoms with Gasteiger partial charge < -0.3 is 15.2 Å². The topological polar surface area (TPSA) is 98.9 Å². The minimum atomic E-state index is -3.70. The Kier molecular flexibility index (Phi) is 5.38. The van der Waals surface area contributed by atoms with Gasteiger partial charge in [-0.25, -0.2) is 8.42 Å². The molecule has 8 heteroatoms. The fourth-order valence-corrected chi connectivity index (χ4v) is 5.03. The second kappa shape index (κ2) is 7.58. The highest BCUT2D eigenvalue weighted by Crippen LogP contribution is 2.39. The zero-order valence-electron chi connectivity index (χ0n) is 15.2. The van der Waals surface area contributed by atoms with Gasteiger partial charge in [-0.3, -0.25) is 4.79 Å². The zero-order valence-corrected chi connectivity index (χ0v) is 16.0. The highest BCUT2D eigenvalue weighted by molar-refractivity contribution is 7.89. The van der Waals surface area contributed by atoms with E-state index in [1.54, 1.807) is 20.3 Å². The number of nitrogens with two attached hydrogens (primary N) is 1. The normalized spacial score (nSPS) is 17.6. The molecular weight excluding hydrogens is 368 g/mol. The molecule has 0 bridgehead atoms. The molecule has 0 saturated carbocycles. The van der Waals surface area contributed by atoms with Crippen LogP contribution < -0.4 is 15.2 Å². The van der Waals surface area contributed by atoms with Crippen LogP contribution in [0.15, 0.2) is 47.4 Å². The van der Waals surface area contributed by atoms with Gasteiger partial charge in [0, 0.05) is 12.1 Å². The van der Waals surface area contributed by atoms with E-state index in [1.165, 1.54) is 28.6 Å². The third-order valence-corrected chi connectivity index (χ3v) is 6.66. The van der Waals surface area contributed by atoms with E-state index >= 15 is 0 Å². The minimum absolute atomic E-state index is 0.139. The molecule has 1 amide bonds. The van der Waals surface area contributed by atoms with Crippen molar-refractivity contribution < 1.29 is 22.7 Å². The van der Waals surface area contributed by atoms with E-state index in [0.717, 1.165) is 12.0 Å². The molecule has 1 aliphatic heterocycles. The Bertz CT molecular complexity index is 941. The van der Waals surface area contributed by atoms with Gasteiger partial charge in [-0.2, -0.15) is 4.31 Å². The van der Waals surface area contributed by atoms with Gasteiger partial charge >= 0.3 is 0 Å². The smallest absolute Gasteiger partial charge is 0.248 e. The molecule has 1 aliphatic rings. The van der Waals surface area contributed by atoms with Gasteiger partial charge in [0.15, 0.2) is 11.5 Å². The summed E-state index contributed by atoms with van der Waals surface area (Å²) in [5.41, 5.74) is 6.34. The fraction of sp³-hybridized carbons (Fsp3) is 0.316. The predicted octanol–water partition coefficient (Wildman–Crippen LogP) is 2.33. The summed E-state index contributed by atoms with van der Waals surface area (Å²) in [6.45, 7) is 0.429. The Hall–Kier alpha value is -2.58. The van der Waals surface area contributed by atoms with Crippen LogP contribution in [0.5, 0.6) is 11.5 Å². The number of methoxy groups -OCH3 is 2. The number of carbonyl (C=O) groups excluding carboxylic acids is 1. The standard InChI is InChI=1S/C19H22N2O5S/c1-25-17-10-7-14(12-18(17)26-2)16-4-3-11-21(16)27(23,24)15-8-5-13(6-9-15)19(20)22/h5-10,12,16H,3-4,11H2,1-2H3,(H2,20,22)/t16-/m0/s1. The highest BCUT2D eigenvalue weighted by atomic mass is 32.2. The molecule has 0 radical (unpaired) electrons. The summed E-state index contributed by atoms with van der Waals surface area (Å²) >= 11 is 0. The van der Waals surface area contributed by atoms with Crippen LogP contribution in [0.2, 0.25) is 0 Å². The summed E-state index contributed by atoms with van der Waals surface area (Å²) in [6, 6.07) is 10.8. The van der Waals surface area contributed by atoms with Crippen molar-refractivity contribution in [3.63, 3.8) is 0 Å². The summed E-state index contributed by atoms with van der Waals surface area (Å²) in [6.07, 6.45) is 1.48. The van der Waals surface area contributed by atoms with Crippen LogP contribution in [-0.4, -0.2) is 39.4 Å². The average Bonchev–Trinajstić information content (AvgIpc) is 3.18. The van der Waals surface area contributed by atoms with Crippen molar-refractivity contribution in [1.82, 2.24) is 4.31 Å². The summed E-state index contributed by atoms with van der Waals surface area (Å²) in [5.74, 6) is 0.559. The van der Waals surface area contributed by atoms with Crippen molar-refractivity contribution in [3.8, 4) is 11.5 Å². The van der Waals surface area contributed by atoms with Gasteiger partial charge in [0.05, 0.1) is 25.2 Å². The van der Waals surface area contributed by atoms with Gasteiger partial charge in [-0.05, 0) is 54.8 Å². The second-order valence-electron chi connectivity index (χ2n) is 6.28. The molecule has 2 aromatic rings. The van der Waals surface area contributed by atoms with E-state index in [2.05, 4.69) is 0 Å². The van der Waals surface area contributed by atoms with Gasteiger partial charge in [0.1, 0.15) is 0 Å². The molecule has 144 valence electrons. The lowest BCUT2D eigenvalue weighted by atomic mass is 10.0. The molecule has 0 aliphatic carbocycles. The van der Waals surface area contributed by atoms with Gasteiger partial charge in [0.25, 0.3) is 0 Å². The van der Waals surface area contributed by atoms with E-state index in [-0.39, 0.29) is 16.5 Å². The summed E-state index contributed by atoms with van der Waals surface area (Å²) < 4.78 is 38.3. The Labute approximate surface area is 158 Å². The number of rotatable bonds is 6. The summed E-state index contributed by atoms with van der Waals surface area (Å²) in [7, 11) is -0.603. The van der Waals surface area contributed by atoms with Crippen LogP contribution in [0.25, 0.3) is 0 Å². The zero-order chi connectivity index (χ0) is 19.6. The van der Waals surface area contributed by atoms with E-state index in [4.69, 9.17) is 15.2 Å². The molecule has 1 atom stereocenters. The van der Waals surface area contributed by atoms with E-state index in [0.29, 0.717) is 24.5 Å². The third-order valence-electron chi connectivity index (χ3n) is 4.74. The van der Waals surface area contributed by atoms with Crippen LogP contribution in [0.1, 0.15) is 34.8 Å². The molecule has 2 aromatic carbocycles. The van der Waals surface area contributed by atoms with Crippen molar-refractivity contribution in [2.24, 2.45) is 5.73 Å². The van der Waals surface area contributed by atoms with Gasteiger partial charge in [-0.15, -0.1) is 0 Å². The maximum Gasteiger partial charge on any atom is 0.248 e. The molecule has 27 heavy (non-hydrogen) atoms. The van der Waals surface area contributed by atoms with Crippen molar-refractivity contribution in [2.45, 2.75) is 23.8 Å². The Morgan fingerprint density at radius 3 is 2.33 bits per heavy atom. The Morgan fingerprint density at radius 1 is 1.07 bits per heavy atom. The number of primary amides is 1. The molecular formula is C19H22N2O5S. The Morgan fingerprint density at radius 2 is 1.74 bits per heavy atom. The first-order valence-corrected chi connectivity index (χ1v) is 9.96. The molecule has 0 unspecified atom stereocenters. The molecule has 1 heterocycles. The van der Waals surface area contributed by atoms with E-state index < -0.39 is 15.9 Å². The molecule has 2 N–H and O–H groups in total. The Balaban J connectivity index is 1.94. The first-order chi connectivity index (χ1) is 12.9. The number of ether oxygens (including phenoxy) is 2. The predicted molar refractivity (Wildman–Crippen MR) is 100 cm³/mol. The number of nitrogens with zero attached hydrogens (tertiary/aromatic N) is 1. The number of hydrogen-bond donors (Lipinski definition) is 1. The number of sulfonamides is 1. The maximum absolute atomic E-state index is 13.1. The summed E-state index contributed by atoms with van der Waals surface area (Å²) in [5, 5.41) is 0. The fourth-order valence-electron chi connectivity index (χ4n) is 3.35. The number of benzene rings is 2. The number of amides is 1. The summed E-state index contributed by atoms with van der Waals surface area (Å²) in [4.78, 5) is 11.3. The van der Waals surface area contributed by atoms with Crippen molar-refractivity contribution in [1.29, 1.82) is 0 Å². The second-order valence-corrected chi connectivity index (χ2v) is 8.17. The largest absolute Gasteiger partial charge is 0.493 e. The first kappa shape index (κ1) is 19.2. The quantitative estimate of drug-likeness (QED) is 0.816. The molecule has 0 spiro atoms. The van der Waals surface area contributed by atoms with Crippen LogP contribution >= 0.6 is 0 Å². The van der Waals surface area contributed by atoms with E-state index in [9.17, 15) is 13.2 Å². The molecule has 3 rings (SSSR count). The SMILES string of the molecule is COc1ccc([C@@H]2CCCN2S(=O)(=O)c2ccc(C(N)=O)cc2)cc1OC.